The molecule has 1 N–H and O–H groups in total. The second-order valence-corrected chi connectivity index (χ2v) is 5.79. The molecule has 2 unspecified atom stereocenters. The van der Waals surface area contributed by atoms with Gasteiger partial charge in [-0.2, -0.15) is 0 Å². The Hall–Kier alpha value is -2.29. The second-order valence-electron chi connectivity index (χ2n) is 5.79. The molecule has 3 heteroatoms. The van der Waals surface area contributed by atoms with E-state index in [2.05, 4.69) is 30.4 Å². The van der Waals surface area contributed by atoms with Gasteiger partial charge in [-0.3, -0.25) is 4.79 Å². The smallest absolute Gasteiger partial charge is 0.251 e. The highest BCUT2D eigenvalue weighted by molar-refractivity contribution is 5.94. The van der Waals surface area contributed by atoms with Gasteiger partial charge in [-0.25, -0.2) is 0 Å². The van der Waals surface area contributed by atoms with E-state index in [1.54, 1.807) is 0 Å². The van der Waals surface area contributed by atoms with Crippen molar-refractivity contribution in [1.29, 1.82) is 0 Å². The van der Waals surface area contributed by atoms with Crippen molar-refractivity contribution >= 4 is 5.91 Å². The third-order valence-corrected chi connectivity index (χ3v) is 4.22. The molecule has 1 amide bonds. The molecule has 0 aromatic heterocycles. The zero-order valence-electron chi connectivity index (χ0n) is 13.0. The van der Waals surface area contributed by atoms with Crippen molar-refractivity contribution in [1.82, 2.24) is 5.32 Å². The lowest BCUT2D eigenvalue weighted by molar-refractivity contribution is 0.0927. The first kappa shape index (κ1) is 14.6. The van der Waals surface area contributed by atoms with Gasteiger partial charge in [-0.15, -0.1) is 0 Å². The topological polar surface area (TPSA) is 38.3 Å². The Morgan fingerprint density at radius 2 is 1.91 bits per heavy atom. The number of carbonyl (C=O) groups excluding carboxylic acids is 1. The first-order chi connectivity index (χ1) is 10.7. The average Bonchev–Trinajstić information content (AvgIpc) is 2.84. The van der Waals surface area contributed by atoms with Gasteiger partial charge < -0.3 is 10.1 Å². The molecule has 0 radical (unpaired) electrons. The van der Waals surface area contributed by atoms with Crippen molar-refractivity contribution in [2.24, 2.45) is 5.92 Å². The fourth-order valence-electron chi connectivity index (χ4n) is 3.11. The summed E-state index contributed by atoms with van der Waals surface area (Å²) in [6.45, 7) is 4.75. The van der Waals surface area contributed by atoms with Gasteiger partial charge in [0.15, 0.2) is 0 Å². The number of nitrogens with one attached hydrogen (secondary N) is 1. The number of benzene rings is 2. The number of hydrogen-bond acceptors (Lipinski definition) is 2. The molecule has 2 aromatic carbocycles. The Balaban J connectivity index is 1.74. The molecule has 3 nitrogen and oxygen atoms in total. The fourth-order valence-corrected chi connectivity index (χ4v) is 3.11. The summed E-state index contributed by atoms with van der Waals surface area (Å²) < 4.78 is 5.41. The monoisotopic (exact) mass is 295 g/mol. The quantitative estimate of drug-likeness (QED) is 0.933. The number of ether oxygens (including phenoxy) is 1. The number of carbonyl (C=O) groups is 1. The zero-order valence-corrected chi connectivity index (χ0v) is 13.0. The lowest BCUT2D eigenvalue weighted by Crippen LogP contribution is -2.30. The first-order valence-corrected chi connectivity index (χ1v) is 7.80. The number of fused-ring (bicyclic) bond motifs is 1. The van der Waals surface area contributed by atoms with E-state index in [0.717, 1.165) is 12.2 Å². The molecule has 2 atom stereocenters. The second kappa shape index (κ2) is 6.22. The molecule has 0 bridgehead atoms. The Bertz CT molecular complexity index is 663. The predicted molar refractivity (Wildman–Crippen MR) is 87.1 cm³/mol. The van der Waals surface area contributed by atoms with Crippen LogP contribution < -0.4 is 10.1 Å². The Kier molecular flexibility index (Phi) is 4.14. The van der Waals surface area contributed by atoms with E-state index in [9.17, 15) is 4.79 Å². The molecular formula is C19H21NO2. The number of rotatable bonds is 4. The van der Waals surface area contributed by atoms with Gasteiger partial charge in [0.2, 0.25) is 0 Å². The fraction of sp³-hybridized carbons (Fsp3) is 0.316. The van der Waals surface area contributed by atoms with Gasteiger partial charge >= 0.3 is 0 Å². The lowest BCUT2D eigenvalue weighted by atomic mass is 10.0. The highest BCUT2D eigenvalue weighted by atomic mass is 16.5. The summed E-state index contributed by atoms with van der Waals surface area (Å²) in [5, 5.41) is 3.17. The minimum absolute atomic E-state index is 0.0309. The van der Waals surface area contributed by atoms with E-state index < -0.39 is 0 Å². The maximum Gasteiger partial charge on any atom is 0.251 e. The maximum atomic E-state index is 12.5. The third kappa shape index (κ3) is 2.84. The summed E-state index contributed by atoms with van der Waals surface area (Å²) in [7, 11) is 0. The standard InChI is InChI=1S/C19H21NO2/c1-3-22-16-10-8-14(9-11-16)19(21)20-18-13(2)12-15-6-4-5-7-17(15)18/h4-11,13,18H,3,12H2,1-2H3,(H,20,21). The van der Waals surface area contributed by atoms with E-state index in [1.807, 2.05) is 37.3 Å². The van der Waals surface area contributed by atoms with Crippen LogP contribution in [0.3, 0.4) is 0 Å². The Morgan fingerprint density at radius 1 is 1.18 bits per heavy atom. The summed E-state index contributed by atoms with van der Waals surface area (Å²) >= 11 is 0. The van der Waals surface area contributed by atoms with Crippen molar-refractivity contribution in [2.75, 3.05) is 6.61 Å². The zero-order chi connectivity index (χ0) is 15.5. The van der Waals surface area contributed by atoms with Crippen LogP contribution in [0.5, 0.6) is 5.75 Å². The summed E-state index contributed by atoms with van der Waals surface area (Å²) in [4.78, 5) is 12.5. The number of hydrogen-bond donors (Lipinski definition) is 1. The molecular weight excluding hydrogens is 274 g/mol. The number of amides is 1. The molecule has 0 aliphatic heterocycles. The molecule has 0 saturated heterocycles. The van der Waals surface area contributed by atoms with Crippen LogP contribution in [0, 0.1) is 5.92 Å². The minimum atomic E-state index is -0.0309. The Labute approximate surface area is 131 Å². The van der Waals surface area contributed by atoms with E-state index in [-0.39, 0.29) is 11.9 Å². The van der Waals surface area contributed by atoms with Gasteiger partial charge in [0.1, 0.15) is 5.75 Å². The highest BCUT2D eigenvalue weighted by Crippen LogP contribution is 2.35. The average molecular weight is 295 g/mol. The van der Waals surface area contributed by atoms with Crippen molar-refractivity contribution in [2.45, 2.75) is 26.3 Å². The van der Waals surface area contributed by atoms with E-state index in [0.29, 0.717) is 18.1 Å². The van der Waals surface area contributed by atoms with E-state index in [4.69, 9.17) is 4.74 Å². The molecule has 0 spiro atoms. The van der Waals surface area contributed by atoms with Gasteiger partial charge in [-0.1, -0.05) is 31.2 Å². The molecule has 22 heavy (non-hydrogen) atoms. The molecule has 114 valence electrons. The molecule has 3 rings (SSSR count). The first-order valence-electron chi connectivity index (χ1n) is 7.80. The minimum Gasteiger partial charge on any atom is -0.494 e. The van der Waals surface area contributed by atoms with Gasteiger partial charge in [0.25, 0.3) is 5.91 Å². The normalized spacial score (nSPS) is 19.5. The molecule has 0 fully saturated rings. The SMILES string of the molecule is CCOc1ccc(C(=O)NC2c3ccccc3CC2C)cc1. The van der Waals surface area contributed by atoms with Crippen LogP contribution in [0.1, 0.15) is 41.4 Å². The Morgan fingerprint density at radius 3 is 2.64 bits per heavy atom. The molecule has 1 aliphatic carbocycles. The van der Waals surface area contributed by atoms with E-state index in [1.165, 1.54) is 11.1 Å². The molecule has 0 saturated carbocycles. The molecule has 0 heterocycles. The molecule has 1 aliphatic rings. The highest BCUT2D eigenvalue weighted by Gasteiger charge is 2.30. The van der Waals surface area contributed by atoms with Crippen LogP contribution in [0.25, 0.3) is 0 Å². The lowest BCUT2D eigenvalue weighted by Gasteiger charge is -2.19. The van der Waals surface area contributed by atoms with Crippen molar-refractivity contribution in [3.8, 4) is 5.75 Å². The van der Waals surface area contributed by atoms with E-state index >= 15 is 0 Å². The summed E-state index contributed by atoms with van der Waals surface area (Å²) in [5.74, 6) is 1.18. The van der Waals surface area contributed by atoms with Crippen molar-refractivity contribution in [3.05, 3.63) is 65.2 Å². The van der Waals surface area contributed by atoms with Crippen LogP contribution >= 0.6 is 0 Å². The van der Waals surface area contributed by atoms with Crippen LogP contribution in [-0.4, -0.2) is 12.5 Å². The van der Waals surface area contributed by atoms with Gasteiger partial charge in [-0.05, 0) is 54.7 Å². The van der Waals surface area contributed by atoms with Crippen molar-refractivity contribution < 1.29 is 9.53 Å². The predicted octanol–water partition coefficient (Wildman–Crippen LogP) is 3.75. The van der Waals surface area contributed by atoms with Gasteiger partial charge in [0.05, 0.1) is 12.6 Å². The molecule has 2 aromatic rings. The summed E-state index contributed by atoms with van der Waals surface area (Å²) in [6.07, 6.45) is 1.02. The van der Waals surface area contributed by atoms with Crippen LogP contribution in [0.4, 0.5) is 0 Å². The third-order valence-electron chi connectivity index (χ3n) is 4.22. The van der Waals surface area contributed by atoms with Gasteiger partial charge in [0, 0.05) is 5.56 Å². The maximum absolute atomic E-state index is 12.5. The summed E-state index contributed by atoms with van der Waals surface area (Å²) in [5.41, 5.74) is 3.25. The van der Waals surface area contributed by atoms with Crippen molar-refractivity contribution in [3.63, 3.8) is 0 Å². The van der Waals surface area contributed by atoms with Crippen LogP contribution in [0.15, 0.2) is 48.5 Å². The largest absolute Gasteiger partial charge is 0.494 e. The van der Waals surface area contributed by atoms with Crippen LogP contribution in [0.2, 0.25) is 0 Å². The summed E-state index contributed by atoms with van der Waals surface area (Å²) in [6, 6.07) is 15.7. The van der Waals surface area contributed by atoms with Crippen LogP contribution in [-0.2, 0) is 6.42 Å².